The Hall–Kier alpha value is -1.35. The van der Waals surface area contributed by atoms with Crippen LogP contribution in [0.15, 0.2) is 6.07 Å². The maximum absolute atomic E-state index is 9.16. The highest BCUT2D eigenvalue weighted by molar-refractivity contribution is 6.33. The molecule has 1 aromatic rings. The lowest BCUT2D eigenvalue weighted by Crippen LogP contribution is -2.57. The van der Waals surface area contributed by atoms with Crippen LogP contribution in [0.4, 0.5) is 5.82 Å². The first-order chi connectivity index (χ1) is 9.97. The molecule has 1 saturated heterocycles. The number of pyridine rings is 1. The smallest absolute Gasteiger partial charge is 0.147 e. The Kier molecular flexibility index (Phi) is 5.04. The Morgan fingerprint density at radius 1 is 1.43 bits per heavy atom. The lowest BCUT2D eigenvalue weighted by molar-refractivity contribution is 0.102. The molecule has 0 spiro atoms. The van der Waals surface area contributed by atoms with E-state index >= 15 is 0 Å². The molecule has 0 bridgehead atoms. The van der Waals surface area contributed by atoms with Crippen LogP contribution in [-0.4, -0.2) is 53.3 Å². The zero-order chi connectivity index (χ0) is 15.6. The molecule has 6 heteroatoms. The lowest BCUT2D eigenvalue weighted by Gasteiger charge is -2.45. The first-order valence-corrected chi connectivity index (χ1v) is 7.54. The second-order valence-electron chi connectivity index (χ2n) is 5.60. The van der Waals surface area contributed by atoms with Crippen LogP contribution in [0.25, 0.3) is 0 Å². The fraction of sp³-hybridized carbons (Fsp3) is 0.600. The number of hydrogen-bond acceptors (Lipinski definition) is 5. The van der Waals surface area contributed by atoms with Crippen molar-refractivity contribution >= 4 is 17.4 Å². The molecule has 0 amide bonds. The van der Waals surface area contributed by atoms with Gasteiger partial charge in [0.05, 0.1) is 22.9 Å². The normalized spacial score (nSPS) is 23.1. The van der Waals surface area contributed by atoms with Crippen LogP contribution in [0.1, 0.15) is 25.1 Å². The van der Waals surface area contributed by atoms with Crippen molar-refractivity contribution in [2.24, 2.45) is 0 Å². The van der Waals surface area contributed by atoms with Crippen molar-refractivity contribution in [3.63, 3.8) is 0 Å². The van der Waals surface area contributed by atoms with Gasteiger partial charge in [-0.1, -0.05) is 11.6 Å². The monoisotopic (exact) mass is 308 g/mol. The van der Waals surface area contributed by atoms with Gasteiger partial charge in [-0.3, -0.25) is 4.90 Å². The van der Waals surface area contributed by atoms with Gasteiger partial charge in [-0.2, -0.15) is 5.26 Å². The molecule has 114 valence electrons. The SMILES string of the molecule is Cc1nc(N2C[C@@H](C)N(CCO)[C@@H](C)C2)c(Cl)cc1C#N. The average molecular weight is 309 g/mol. The Labute approximate surface area is 130 Å². The number of nitriles is 1. The van der Waals surface area contributed by atoms with Crippen LogP contribution >= 0.6 is 11.6 Å². The fourth-order valence-corrected chi connectivity index (χ4v) is 3.26. The first-order valence-electron chi connectivity index (χ1n) is 7.16. The number of hydrogen-bond donors (Lipinski definition) is 1. The van der Waals surface area contributed by atoms with Crippen molar-refractivity contribution in [3.05, 3.63) is 22.3 Å². The second-order valence-corrected chi connectivity index (χ2v) is 6.01. The van der Waals surface area contributed by atoms with Crippen molar-refractivity contribution in [1.82, 2.24) is 9.88 Å². The number of β-amino-alcohol motifs (C(OH)–C–C–N with tert-alkyl or cyclic N) is 1. The maximum Gasteiger partial charge on any atom is 0.147 e. The van der Waals surface area contributed by atoms with Crippen LogP contribution in [0, 0.1) is 18.3 Å². The third-order valence-electron chi connectivity index (χ3n) is 4.03. The molecule has 0 aliphatic carbocycles. The highest BCUT2D eigenvalue weighted by Crippen LogP contribution is 2.29. The minimum absolute atomic E-state index is 0.170. The van der Waals surface area contributed by atoms with Gasteiger partial charge >= 0.3 is 0 Å². The van der Waals surface area contributed by atoms with Gasteiger partial charge in [0, 0.05) is 31.7 Å². The van der Waals surface area contributed by atoms with E-state index in [9.17, 15) is 0 Å². The summed E-state index contributed by atoms with van der Waals surface area (Å²) in [7, 11) is 0. The molecule has 0 saturated carbocycles. The highest BCUT2D eigenvalue weighted by Gasteiger charge is 2.30. The van der Waals surface area contributed by atoms with E-state index in [-0.39, 0.29) is 6.61 Å². The minimum atomic E-state index is 0.170. The fourth-order valence-electron chi connectivity index (χ4n) is 2.99. The molecule has 1 N–H and O–H groups in total. The summed E-state index contributed by atoms with van der Waals surface area (Å²) in [5.41, 5.74) is 1.22. The van der Waals surface area contributed by atoms with Crippen molar-refractivity contribution in [3.8, 4) is 6.07 Å². The zero-order valence-electron chi connectivity index (χ0n) is 12.7. The van der Waals surface area contributed by atoms with Gasteiger partial charge in [-0.25, -0.2) is 4.98 Å². The molecule has 5 nitrogen and oxygen atoms in total. The number of halogens is 1. The zero-order valence-corrected chi connectivity index (χ0v) is 13.4. The number of anilines is 1. The highest BCUT2D eigenvalue weighted by atomic mass is 35.5. The van der Waals surface area contributed by atoms with E-state index in [0.29, 0.717) is 34.9 Å². The number of nitrogens with zero attached hydrogens (tertiary/aromatic N) is 4. The Bertz CT molecular complexity index is 545. The summed E-state index contributed by atoms with van der Waals surface area (Å²) >= 11 is 6.30. The predicted octanol–water partition coefficient (Wildman–Crippen LogP) is 1.81. The van der Waals surface area contributed by atoms with Crippen LogP contribution in [0.3, 0.4) is 0 Å². The Morgan fingerprint density at radius 2 is 2.05 bits per heavy atom. The average Bonchev–Trinajstić information content (AvgIpc) is 2.44. The van der Waals surface area contributed by atoms with Crippen LogP contribution in [0.5, 0.6) is 0 Å². The summed E-state index contributed by atoms with van der Waals surface area (Å²) in [6.07, 6.45) is 0. The summed E-state index contributed by atoms with van der Waals surface area (Å²) in [5, 5.41) is 18.7. The number of rotatable bonds is 3. The van der Waals surface area contributed by atoms with E-state index in [1.54, 1.807) is 6.07 Å². The van der Waals surface area contributed by atoms with E-state index < -0.39 is 0 Å². The maximum atomic E-state index is 9.16. The molecule has 1 aliphatic rings. The molecule has 1 aromatic heterocycles. The van der Waals surface area contributed by atoms with E-state index in [1.165, 1.54) is 0 Å². The minimum Gasteiger partial charge on any atom is -0.395 e. The van der Waals surface area contributed by atoms with Crippen molar-refractivity contribution in [1.29, 1.82) is 5.26 Å². The summed E-state index contributed by atoms with van der Waals surface area (Å²) in [6.45, 7) is 8.58. The van der Waals surface area contributed by atoms with Gasteiger partial charge in [-0.05, 0) is 26.8 Å². The molecule has 21 heavy (non-hydrogen) atoms. The van der Waals surface area contributed by atoms with E-state index in [4.69, 9.17) is 22.0 Å². The number of aromatic nitrogens is 1. The number of aliphatic hydroxyl groups excluding tert-OH is 1. The predicted molar refractivity (Wildman–Crippen MR) is 83.6 cm³/mol. The van der Waals surface area contributed by atoms with Gasteiger partial charge in [0.15, 0.2) is 0 Å². The van der Waals surface area contributed by atoms with E-state index in [2.05, 4.69) is 34.7 Å². The molecule has 1 aliphatic heterocycles. The van der Waals surface area contributed by atoms with Crippen molar-refractivity contribution in [2.75, 3.05) is 31.1 Å². The molecule has 0 radical (unpaired) electrons. The van der Waals surface area contributed by atoms with E-state index in [1.807, 2.05) is 6.92 Å². The van der Waals surface area contributed by atoms with E-state index in [0.717, 1.165) is 18.9 Å². The molecular weight excluding hydrogens is 288 g/mol. The first kappa shape index (κ1) is 16.0. The molecule has 1 fully saturated rings. The number of piperazine rings is 1. The van der Waals surface area contributed by atoms with Crippen molar-refractivity contribution in [2.45, 2.75) is 32.9 Å². The van der Waals surface area contributed by atoms with Crippen LogP contribution in [0.2, 0.25) is 5.02 Å². The van der Waals surface area contributed by atoms with Gasteiger partial charge in [0.2, 0.25) is 0 Å². The molecule has 0 unspecified atom stereocenters. The third kappa shape index (κ3) is 3.29. The largest absolute Gasteiger partial charge is 0.395 e. The van der Waals surface area contributed by atoms with Gasteiger partial charge < -0.3 is 10.0 Å². The Balaban J connectivity index is 2.25. The summed E-state index contributed by atoms with van der Waals surface area (Å²) in [6, 6.07) is 4.42. The third-order valence-corrected chi connectivity index (χ3v) is 4.31. The molecular formula is C15H21ClN4O. The van der Waals surface area contributed by atoms with Crippen molar-refractivity contribution < 1.29 is 5.11 Å². The Morgan fingerprint density at radius 3 is 2.57 bits per heavy atom. The van der Waals surface area contributed by atoms with Gasteiger partial charge in [0.1, 0.15) is 11.9 Å². The molecule has 2 heterocycles. The standard InChI is InChI=1S/C15H21ClN4O/c1-10-8-19(9-11(2)20(10)4-5-21)15-14(16)6-13(7-17)12(3)18-15/h6,10-11,21H,4-5,8-9H2,1-3H3/t10-,11+. The topological polar surface area (TPSA) is 63.4 Å². The molecule has 2 rings (SSSR count). The van der Waals surface area contributed by atoms with Crippen LogP contribution < -0.4 is 4.90 Å². The summed E-state index contributed by atoms with van der Waals surface area (Å²) in [4.78, 5) is 8.97. The quantitative estimate of drug-likeness (QED) is 0.922. The van der Waals surface area contributed by atoms with Crippen LogP contribution in [-0.2, 0) is 0 Å². The summed E-state index contributed by atoms with van der Waals surface area (Å²) < 4.78 is 0. The van der Waals surface area contributed by atoms with Gasteiger partial charge in [-0.15, -0.1) is 0 Å². The number of aliphatic hydroxyl groups is 1. The second kappa shape index (κ2) is 6.61. The summed E-state index contributed by atoms with van der Waals surface area (Å²) in [5.74, 6) is 0.746. The lowest BCUT2D eigenvalue weighted by atomic mass is 10.1. The number of aryl methyl sites for hydroxylation is 1. The molecule has 2 atom stereocenters. The molecule has 0 aromatic carbocycles. The van der Waals surface area contributed by atoms with Gasteiger partial charge in [0.25, 0.3) is 0 Å².